The highest BCUT2D eigenvalue weighted by Gasteiger charge is 2.08. The van der Waals surface area contributed by atoms with Gasteiger partial charge in [0.1, 0.15) is 5.02 Å². The zero-order valence-electron chi connectivity index (χ0n) is 9.78. The summed E-state index contributed by atoms with van der Waals surface area (Å²) >= 11 is 11.7. The van der Waals surface area contributed by atoms with Crippen LogP contribution in [0.5, 0.6) is 11.6 Å². The van der Waals surface area contributed by atoms with E-state index in [9.17, 15) is 0 Å². The Kier molecular flexibility index (Phi) is 3.94. The van der Waals surface area contributed by atoms with Crippen molar-refractivity contribution in [2.75, 3.05) is 5.73 Å². The first-order valence-electron chi connectivity index (χ1n) is 5.47. The Morgan fingerprint density at radius 1 is 1.28 bits per heavy atom. The van der Waals surface area contributed by atoms with E-state index in [0.29, 0.717) is 21.5 Å². The number of anilines is 1. The van der Waals surface area contributed by atoms with Crippen LogP contribution in [-0.2, 0) is 6.42 Å². The largest absolute Gasteiger partial charge is 0.435 e. The molecule has 0 aliphatic rings. The average Bonchev–Trinajstić information content (AvgIpc) is 2.34. The maximum atomic E-state index is 5.98. The third-order valence-electron chi connectivity index (χ3n) is 2.46. The number of aromatic nitrogens is 1. The third kappa shape index (κ3) is 2.86. The fourth-order valence-corrected chi connectivity index (χ4v) is 1.91. The van der Waals surface area contributed by atoms with Crippen molar-refractivity contribution in [1.82, 2.24) is 4.98 Å². The van der Waals surface area contributed by atoms with Gasteiger partial charge in [0.2, 0.25) is 5.88 Å². The Hall–Kier alpha value is -1.45. The number of benzene rings is 1. The molecule has 0 aliphatic carbocycles. The summed E-state index contributed by atoms with van der Waals surface area (Å²) in [6.07, 6.45) is 2.39. The summed E-state index contributed by atoms with van der Waals surface area (Å²) in [4.78, 5) is 4.02. The number of aryl methyl sites for hydroxylation is 1. The van der Waals surface area contributed by atoms with Crippen molar-refractivity contribution < 1.29 is 4.74 Å². The highest BCUT2D eigenvalue weighted by atomic mass is 35.5. The van der Waals surface area contributed by atoms with Gasteiger partial charge in [-0.15, -0.1) is 0 Å². The molecule has 0 saturated carbocycles. The molecule has 0 spiro atoms. The highest BCUT2D eigenvalue weighted by Crippen LogP contribution is 2.32. The van der Waals surface area contributed by atoms with E-state index >= 15 is 0 Å². The van der Waals surface area contributed by atoms with Gasteiger partial charge in [0.15, 0.2) is 5.75 Å². The Bertz CT molecular complexity index is 573. The van der Waals surface area contributed by atoms with Crippen LogP contribution in [0.25, 0.3) is 0 Å². The number of hydrogen-bond acceptors (Lipinski definition) is 3. The predicted octanol–water partition coefficient (Wildman–Crippen LogP) is 4.33. The maximum Gasteiger partial charge on any atom is 0.238 e. The van der Waals surface area contributed by atoms with Gasteiger partial charge in [-0.3, -0.25) is 0 Å². The van der Waals surface area contributed by atoms with Crippen molar-refractivity contribution in [1.29, 1.82) is 0 Å². The average molecular weight is 283 g/mol. The van der Waals surface area contributed by atoms with Crippen LogP contribution in [0.15, 0.2) is 30.5 Å². The van der Waals surface area contributed by atoms with Crippen LogP contribution in [0, 0.1) is 0 Å². The van der Waals surface area contributed by atoms with Crippen molar-refractivity contribution in [3.05, 3.63) is 46.1 Å². The summed E-state index contributed by atoms with van der Waals surface area (Å²) in [6.45, 7) is 2.06. The second-order valence-corrected chi connectivity index (χ2v) is 4.61. The Balaban J connectivity index is 2.28. The number of hydrogen-bond donors (Lipinski definition) is 1. The van der Waals surface area contributed by atoms with E-state index in [2.05, 4.69) is 11.9 Å². The summed E-state index contributed by atoms with van der Waals surface area (Å²) in [5.74, 6) is 0.820. The lowest BCUT2D eigenvalue weighted by atomic mass is 10.1. The number of ether oxygens (including phenoxy) is 1. The van der Waals surface area contributed by atoms with Crippen molar-refractivity contribution in [2.24, 2.45) is 0 Å². The lowest BCUT2D eigenvalue weighted by Crippen LogP contribution is -1.95. The van der Waals surface area contributed by atoms with Crippen LogP contribution < -0.4 is 10.5 Å². The standard InChI is InChI=1S/C13H12Cl2N2O/c1-2-8-3-4-12(11(16)5-8)18-13-10(15)6-9(14)7-17-13/h3-7H,2,16H2,1H3. The fourth-order valence-electron chi connectivity index (χ4n) is 1.49. The van der Waals surface area contributed by atoms with Gasteiger partial charge in [0.25, 0.3) is 0 Å². The molecule has 0 saturated heterocycles. The van der Waals surface area contributed by atoms with Gasteiger partial charge in [0, 0.05) is 6.20 Å². The molecule has 0 atom stereocenters. The number of pyridine rings is 1. The molecule has 0 amide bonds. The molecule has 2 aromatic rings. The zero-order valence-corrected chi connectivity index (χ0v) is 11.3. The van der Waals surface area contributed by atoms with Gasteiger partial charge in [0.05, 0.1) is 10.7 Å². The first kappa shape index (κ1) is 13.0. The van der Waals surface area contributed by atoms with E-state index in [0.717, 1.165) is 12.0 Å². The molecule has 3 nitrogen and oxygen atoms in total. The van der Waals surface area contributed by atoms with Crippen molar-refractivity contribution >= 4 is 28.9 Å². The second-order valence-electron chi connectivity index (χ2n) is 3.77. The highest BCUT2D eigenvalue weighted by molar-refractivity contribution is 6.35. The zero-order chi connectivity index (χ0) is 13.1. The number of rotatable bonds is 3. The van der Waals surface area contributed by atoms with E-state index < -0.39 is 0 Å². The monoisotopic (exact) mass is 282 g/mol. The fraction of sp³-hybridized carbons (Fsp3) is 0.154. The molecule has 0 bridgehead atoms. The summed E-state index contributed by atoms with van der Waals surface area (Å²) in [7, 11) is 0. The number of halogens is 2. The minimum Gasteiger partial charge on any atom is -0.435 e. The molecule has 2 N–H and O–H groups in total. The topological polar surface area (TPSA) is 48.1 Å². The summed E-state index contributed by atoms with van der Waals surface area (Å²) < 4.78 is 5.57. The van der Waals surface area contributed by atoms with Crippen LogP contribution >= 0.6 is 23.2 Å². The molecular formula is C13H12Cl2N2O. The molecule has 0 aliphatic heterocycles. The van der Waals surface area contributed by atoms with Crippen LogP contribution in [0.4, 0.5) is 5.69 Å². The van der Waals surface area contributed by atoms with Gasteiger partial charge in [-0.2, -0.15) is 0 Å². The van der Waals surface area contributed by atoms with Crippen molar-refractivity contribution in [3.8, 4) is 11.6 Å². The summed E-state index contributed by atoms with van der Waals surface area (Å²) in [5.41, 5.74) is 7.61. The molecule has 94 valence electrons. The smallest absolute Gasteiger partial charge is 0.238 e. The molecule has 0 radical (unpaired) electrons. The minimum absolute atomic E-state index is 0.289. The summed E-state index contributed by atoms with van der Waals surface area (Å²) in [6, 6.07) is 7.21. The van der Waals surface area contributed by atoms with Gasteiger partial charge in [-0.25, -0.2) is 4.98 Å². The quantitative estimate of drug-likeness (QED) is 0.853. The molecular weight excluding hydrogens is 271 g/mol. The lowest BCUT2D eigenvalue weighted by Gasteiger charge is -2.10. The first-order valence-corrected chi connectivity index (χ1v) is 6.23. The van der Waals surface area contributed by atoms with E-state index in [1.165, 1.54) is 6.20 Å². The van der Waals surface area contributed by atoms with Crippen LogP contribution in [0.3, 0.4) is 0 Å². The molecule has 5 heteroatoms. The van der Waals surface area contributed by atoms with E-state index in [1.54, 1.807) is 12.1 Å². The number of nitrogens with two attached hydrogens (primary N) is 1. The number of nitrogen functional groups attached to an aromatic ring is 1. The number of nitrogens with zero attached hydrogens (tertiary/aromatic N) is 1. The van der Waals surface area contributed by atoms with E-state index in [-0.39, 0.29) is 5.88 Å². The van der Waals surface area contributed by atoms with Gasteiger partial charge in [-0.1, -0.05) is 36.2 Å². The van der Waals surface area contributed by atoms with Crippen molar-refractivity contribution in [3.63, 3.8) is 0 Å². The first-order chi connectivity index (χ1) is 8.60. The normalized spacial score (nSPS) is 10.4. The van der Waals surface area contributed by atoms with Crippen LogP contribution in [-0.4, -0.2) is 4.98 Å². The Labute approximate surface area is 115 Å². The summed E-state index contributed by atoms with van der Waals surface area (Å²) in [5, 5.41) is 0.808. The Morgan fingerprint density at radius 2 is 2.06 bits per heavy atom. The minimum atomic E-state index is 0.289. The van der Waals surface area contributed by atoms with E-state index in [1.807, 2.05) is 12.1 Å². The van der Waals surface area contributed by atoms with Crippen LogP contribution in [0.2, 0.25) is 10.0 Å². The second kappa shape index (κ2) is 5.46. The van der Waals surface area contributed by atoms with Gasteiger partial charge < -0.3 is 10.5 Å². The van der Waals surface area contributed by atoms with Crippen LogP contribution in [0.1, 0.15) is 12.5 Å². The maximum absolute atomic E-state index is 5.98. The Morgan fingerprint density at radius 3 is 2.67 bits per heavy atom. The van der Waals surface area contributed by atoms with Crippen molar-refractivity contribution in [2.45, 2.75) is 13.3 Å². The predicted molar refractivity (Wildman–Crippen MR) is 74.6 cm³/mol. The van der Waals surface area contributed by atoms with Gasteiger partial charge >= 0.3 is 0 Å². The molecule has 1 heterocycles. The van der Waals surface area contributed by atoms with Gasteiger partial charge in [-0.05, 0) is 30.2 Å². The molecule has 0 unspecified atom stereocenters. The lowest BCUT2D eigenvalue weighted by molar-refractivity contribution is 0.465. The SMILES string of the molecule is CCc1ccc(Oc2ncc(Cl)cc2Cl)c(N)c1. The van der Waals surface area contributed by atoms with E-state index in [4.69, 9.17) is 33.7 Å². The molecule has 0 fully saturated rings. The molecule has 2 rings (SSSR count). The molecule has 1 aromatic heterocycles. The third-order valence-corrected chi connectivity index (χ3v) is 2.94. The molecule has 1 aromatic carbocycles. The molecule has 18 heavy (non-hydrogen) atoms.